The Kier molecular flexibility index (Phi) is 5.18. The predicted molar refractivity (Wildman–Crippen MR) is 124 cm³/mol. The Hall–Kier alpha value is -3.36. The number of amides is 2. The largest absolute Gasteiger partial charge is 0.492 e. The molecule has 9 heteroatoms. The molecule has 2 N–H and O–H groups in total. The van der Waals surface area contributed by atoms with Crippen molar-refractivity contribution in [1.82, 2.24) is 15.3 Å². The maximum Gasteiger partial charge on any atom is 0.408 e. The van der Waals surface area contributed by atoms with Crippen LogP contribution < -0.4 is 20.1 Å². The SMILES string of the molecule is Cc1ccc(Oc2cnc(NC(=O)C3(NC(=O)OC(C)(C)C)CCC3)cn2)c2c1OCC21CC1. The van der Waals surface area contributed by atoms with Gasteiger partial charge in [-0.3, -0.25) is 4.79 Å². The van der Waals surface area contributed by atoms with E-state index in [9.17, 15) is 9.59 Å². The van der Waals surface area contributed by atoms with Crippen molar-refractivity contribution in [3.8, 4) is 17.4 Å². The molecule has 1 aliphatic heterocycles. The van der Waals surface area contributed by atoms with Gasteiger partial charge in [0.25, 0.3) is 5.91 Å². The highest BCUT2D eigenvalue weighted by molar-refractivity contribution is 6.00. The maximum atomic E-state index is 12.9. The Morgan fingerprint density at radius 3 is 2.44 bits per heavy atom. The molecule has 2 aliphatic carbocycles. The molecule has 2 amide bonds. The first-order chi connectivity index (χ1) is 16.1. The number of hydrogen-bond donors (Lipinski definition) is 2. The molecule has 2 aromatic rings. The lowest BCUT2D eigenvalue weighted by Crippen LogP contribution is -2.61. The van der Waals surface area contributed by atoms with Crippen LogP contribution in [-0.2, 0) is 14.9 Å². The summed E-state index contributed by atoms with van der Waals surface area (Å²) in [5.74, 6) is 1.92. The molecule has 0 atom stereocenters. The Balaban J connectivity index is 1.25. The van der Waals surface area contributed by atoms with Gasteiger partial charge in [0.2, 0.25) is 5.88 Å². The molecule has 2 heterocycles. The number of nitrogens with one attached hydrogen (secondary N) is 2. The molecule has 0 radical (unpaired) electrons. The number of aromatic nitrogens is 2. The summed E-state index contributed by atoms with van der Waals surface area (Å²) in [6, 6.07) is 3.93. The van der Waals surface area contributed by atoms with Crippen molar-refractivity contribution >= 4 is 17.8 Å². The summed E-state index contributed by atoms with van der Waals surface area (Å²) in [6.45, 7) is 8.07. The minimum Gasteiger partial charge on any atom is -0.492 e. The van der Waals surface area contributed by atoms with E-state index in [0.29, 0.717) is 25.3 Å². The normalized spacial score (nSPS) is 18.8. The van der Waals surface area contributed by atoms with Crippen LogP contribution in [0.1, 0.15) is 64.0 Å². The zero-order valence-corrected chi connectivity index (χ0v) is 20.0. The first kappa shape index (κ1) is 22.4. The van der Waals surface area contributed by atoms with E-state index in [-0.39, 0.29) is 17.1 Å². The summed E-state index contributed by atoms with van der Waals surface area (Å²) in [5, 5.41) is 5.49. The quantitative estimate of drug-likeness (QED) is 0.672. The summed E-state index contributed by atoms with van der Waals surface area (Å²) in [7, 11) is 0. The Bertz CT molecular complexity index is 1130. The molecule has 34 heavy (non-hydrogen) atoms. The third-order valence-corrected chi connectivity index (χ3v) is 6.66. The number of fused-ring (bicyclic) bond motifs is 2. The van der Waals surface area contributed by atoms with Crippen molar-refractivity contribution in [2.24, 2.45) is 0 Å². The molecule has 0 unspecified atom stereocenters. The van der Waals surface area contributed by atoms with Gasteiger partial charge in [0.05, 0.1) is 19.0 Å². The van der Waals surface area contributed by atoms with E-state index >= 15 is 0 Å². The van der Waals surface area contributed by atoms with Crippen LogP contribution >= 0.6 is 0 Å². The number of carbonyl (C=O) groups excluding carboxylic acids is 2. The van der Waals surface area contributed by atoms with E-state index < -0.39 is 17.2 Å². The number of carbonyl (C=O) groups is 2. The van der Waals surface area contributed by atoms with Gasteiger partial charge in [-0.2, -0.15) is 0 Å². The predicted octanol–water partition coefficient (Wildman–Crippen LogP) is 4.39. The average molecular weight is 467 g/mol. The first-order valence-electron chi connectivity index (χ1n) is 11.7. The van der Waals surface area contributed by atoms with Gasteiger partial charge in [-0.15, -0.1) is 0 Å². The molecule has 1 aromatic heterocycles. The number of hydrogen-bond acceptors (Lipinski definition) is 7. The van der Waals surface area contributed by atoms with Crippen molar-refractivity contribution in [2.75, 3.05) is 11.9 Å². The fourth-order valence-electron chi connectivity index (χ4n) is 4.49. The van der Waals surface area contributed by atoms with Crippen molar-refractivity contribution in [1.29, 1.82) is 0 Å². The molecular formula is C25H30N4O5. The van der Waals surface area contributed by atoms with Gasteiger partial charge in [0.1, 0.15) is 22.6 Å². The van der Waals surface area contributed by atoms with Crippen molar-refractivity contribution in [2.45, 2.75) is 76.4 Å². The van der Waals surface area contributed by atoms with E-state index in [4.69, 9.17) is 14.2 Å². The topological polar surface area (TPSA) is 112 Å². The second-order valence-corrected chi connectivity index (χ2v) is 10.5. The van der Waals surface area contributed by atoms with Crippen molar-refractivity contribution in [3.05, 3.63) is 35.7 Å². The Morgan fingerprint density at radius 2 is 1.85 bits per heavy atom. The Labute approximate surface area is 198 Å². The summed E-state index contributed by atoms with van der Waals surface area (Å²) in [6.07, 6.45) is 6.42. The van der Waals surface area contributed by atoms with Crippen LogP contribution in [0, 0.1) is 6.92 Å². The number of aryl methyl sites for hydroxylation is 1. The number of benzene rings is 1. The molecule has 0 bridgehead atoms. The number of rotatable bonds is 5. The summed E-state index contributed by atoms with van der Waals surface area (Å²) in [4.78, 5) is 33.8. The molecule has 2 saturated carbocycles. The van der Waals surface area contributed by atoms with E-state index in [1.54, 1.807) is 20.8 Å². The third-order valence-electron chi connectivity index (χ3n) is 6.66. The third kappa shape index (κ3) is 4.15. The van der Waals surface area contributed by atoms with Crippen LogP contribution in [0.3, 0.4) is 0 Å². The van der Waals surface area contributed by atoms with Crippen LogP contribution in [-0.4, -0.2) is 39.7 Å². The zero-order valence-electron chi connectivity index (χ0n) is 20.0. The molecule has 0 saturated heterocycles. The number of nitrogens with zero attached hydrogens (tertiary/aromatic N) is 2. The monoisotopic (exact) mass is 466 g/mol. The summed E-state index contributed by atoms with van der Waals surface area (Å²) >= 11 is 0. The fraction of sp³-hybridized carbons (Fsp3) is 0.520. The van der Waals surface area contributed by atoms with E-state index in [2.05, 4.69) is 20.6 Å². The minimum absolute atomic E-state index is 0.0657. The van der Waals surface area contributed by atoms with Crippen molar-refractivity contribution in [3.63, 3.8) is 0 Å². The fourth-order valence-corrected chi connectivity index (χ4v) is 4.49. The van der Waals surface area contributed by atoms with E-state index in [1.165, 1.54) is 12.4 Å². The van der Waals surface area contributed by atoms with E-state index in [0.717, 1.165) is 41.9 Å². The molecule has 3 aliphatic rings. The standard InChI is InChI=1S/C25H30N4O5/c1-15-6-7-16(19-20(15)32-14-24(19)10-11-24)33-18-13-26-17(12-27-18)28-21(30)25(8-5-9-25)29-22(31)34-23(2,3)4/h6-7,12-13H,5,8-11,14H2,1-4H3,(H,29,31)(H,26,28,30). The zero-order chi connectivity index (χ0) is 24.1. The van der Waals surface area contributed by atoms with Gasteiger partial charge < -0.3 is 24.8 Å². The molecule has 9 nitrogen and oxygen atoms in total. The first-order valence-corrected chi connectivity index (χ1v) is 11.7. The van der Waals surface area contributed by atoms with Crippen LogP contribution in [0.5, 0.6) is 17.4 Å². The molecule has 5 rings (SSSR count). The summed E-state index contributed by atoms with van der Waals surface area (Å²) in [5.41, 5.74) is 0.638. The van der Waals surface area contributed by atoms with Crippen LogP contribution in [0.4, 0.5) is 10.6 Å². The lowest BCUT2D eigenvalue weighted by Gasteiger charge is -2.40. The second kappa shape index (κ2) is 7.85. The average Bonchev–Trinajstić information content (AvgIpc) is 3.40. The maximum absolute atomic E-state index is 12.9. The van der Waals surface area contributed by atoms with Crippen LogP contribution in [0.2, 0.25) is 0 Å². The highest BCUT2D eigenvalue weighted by Gasteiger charge is 2.53. The highest BCUT2D eigenvalue weighted by Crippen LogP contribution is 2.59. The van der Waals surface area contributed by atoms with Gasteiger partial charge in [0, 0.05) is 11.0 Å². The highest BCUT2D eigenvalue weighted by atomic mass is 16.6. The molecule has 2 fully saturated rings. The Morgan fingerprint density at radius 1 is 1.09 bits per heavy atom. The van der Waals surface area contributed by atoms with Gasteiger partial charge in [0.15, 0.2) is 5.82 Å². The molecular weight excluding hydrogens is 436 g/mol. The van der Waals surface area contributed by atoms with Gasteiger partial charge in [-0.25, -0.2) is 14.8 Å². The lowest BCUT2D eigenvalue weighted by atomic mass is 9.76. The van der Waals surface area contributed by atoms with Gasteiger partial charge in [-0.05, 0) is 71.4 Å². The second-order valence-electron chi connectivity index (χ2n) is 10.5. The smallest absolute Gasteiger partial charge is 0.408 e. The van der Waals surface area contributed by atoms with Gasteiger partial charge >= 0.3 is 6.09 Å². The van der Waals surface area contributed by atoms with Crippen molar-refractivity contribution < 1.29 is 23.8 Å². The molecule has 1 aromatic carbocycles. The van der Waals surface area contributed by atoms with Crippen LogP contribution in [0.15, 0.2) is 24.5 Å². The minimum atomic E-state index is -1.000. The molecule has 180 valence electrons. The summed E-state index contributed by atoms with van der Waals surface area (Å²) < 4.78 is 17.3. The number of alkyl carbamates (subject to hydrolysis) is 1. The van der Waals surface area contributed by atoms with Crippen LogP contribution in [0.25, 0.3) is 0 Å². The lowest BCUT2D eigenvalue weighted by molar-refractivity contribution is -0.125. The van der Waals surface area contributed by atoms with E-state index in [1.807, 2.05) is 19.1 Å². The number of ether oxygens (including phenoxy) is 3. The number of anilines is 1. The van der Waals surface area contributed by atoms with Gasteiger partial charge in [-0.1, -0.05) is 6.07 Å². The molecule has 1 spiro atoms.